The van der Waals surface area contributed by atoms with Crippen LogP contribution in [-0.4, -0.2) is 49.0 Å². The van der Waals surface area contributed by atoms with E-state index in [-0.39, 0.29) is 5.97 Å². The number of rotatable bonds is 29. The molecule has 0 bridgehead atoms. The number of ether oxygens (including phenoxy) is 1. The summed E-state index contributed by atoms with van der Waals surface area (Å²) >= 11 is 10.8. The number of carbonyl (C=O) groups excluding carboxylic acids is 1. The summed E-state index contributed by atoms with van der Waals surface area (Å²) in [5.41, 5.74) is 0. The monoisotopic (exact) mass is 614 g/mol. The van der Waals surface area contributed by atoms with Gasteiger partial charge in [-0.25, -0.2) is 4.79 Å². The normalized spacial score (nSPS) is 11.6. The van der Waals surface area contributed by atoms with Gasteiger partial charge in [0.05, 0.1) is 7.11 Å². The van der Waals surface area contributed by atoms with Crippen LogP contribution in [-0.2, 0) is 9.53 Å². The van der Waals surface area contributed by atoms with Crippen LogP contribution >= 0.6 is 24.4 Å². The predicted molar refractivity (Wildman–Crippen MR) is 186 cm³/mol. The first-order chi connectivity index (χ1) is 20.0. The van der Waals surface area contributed by atoms with Crippen LogP contribution in [0.5, 0.6) is 0 Å². The molecular formula is C33H66N4O2S2. The van der Waals surface area contributed by atoms with Gasteiger partial charge in [0.2, 0.25) is 0 Å². The Morgan fingerprint density at radius 1 is 0.537 bits per heavy atom. The van der Waals surface area contributed by atoms with Gasteiger partial charge < -0.3 is 26.0 Å². The number of hydrogen-bond donors (Lipinski definition) is 4. The Bertz CT molecular complexity index is 622. The van der Waals surface area contributed by atoms with Crippen molar-refractivity contribution in [1.29, 1.82) is 0 Å². The zero-order chi connectivity index (χ0) is 30.2. The maximum atomic E-state index is 12.2. The molecule has 1 atom stereocenters. The van der Waals surface area contributed by atoms with Crippen molar-refractivity contribution in [3.63, 3.8) is 0 Å². The third-order valence-electron chi connectivity index (χ3n) is 7.63. The number of nitrogens with one attached hydrogen (secondary N) is 4. The van der Waals surface area contributed by atoms with Crippen LogP contribution in [0, 0.1) is 0 Å². The molecule has 0 aromatic rings. The van der Waals surface area contributed by atoms with Gasteiger partial charge in [-0.2, -0.15) is 0 Å². The fourth-order valence-electron chi connectivity index (χ4n) is 4.97. The van der Waals surface area contributed by atoms with Crippen LogP contribution in [0.2, 0.25) is 0 Å². The molecule has 0 aliphatic heterocycles. The van der Waals surface area contributed by atoms with Crippen molar-refractivity contribution in [1.82, 2.24) is 21.3 Å². The lowest BCUT2D eigenvalue weighted by Crippen LogP contribution is -2.46. The summed E-state index contributed by atoms with van der Waals surface area (Å²) in [7, 11) is 1.43. The van der Waals surface area contributed by atoms with Crippen LogP contribution in [0.25, 0.3) is 0 Å². The predicted octanol–water partition coefficient (Wildman–Crippen LogP) is 8.47. The Labute approximate surface area is 265 Å². The van der Waals surface area contributed by atoms with Gasteiger partial charge in [0.1, 0.15) is 6.04 Å². The van der Waals surface area contributed by atoms with E-state index in [0.717, 1.165) is 50.4 Å². The first-order valence-corrected chi connectivity index (χ1v) is 18.0. The summed E-state index contributed by atoms with van der Waals surface area (Å²) < 4.78 is 4.99. The van der Waals surface area contributed by atoms with E-state index in [2.05, 4.69) is 35.1 Å². The molecule has 0 amide bonds. The quantitative estimate of drug-likeness (QED) is 0.0380. The lowest BCUT2D eigenvalue weighted by molar-refractivity contribution is -0.142. The molecule has 6 nitrogen and oxygen atoms in total. The van der Waals surface area contributed by atoms with E-state index >= 15 is 0 Å². The van der Waals surface area contributed by atoms with Gasteiger partial charge in [0.25, 0.3) is 0 Å². The Morgan fingerprint density at radius 3 is 1.27 bits per heavy atom. The van der Waals surface area contributed by atoms with Crippen LogP contribution in [0.1, 0.15) is 162 Å². The standard InChI is InChI=1S/C33H66N4O2S2/c1-4-6-8-10-12-14-16-18-20-23-27-34-32(40)35-29-25-22-26-30(31(38)39-3)37-33(41)36-28-24-21-19-17-15-13-11-9-7-5-2/h30H,4-29H2,1-3H3,(H2,34,35,40)(H2,36,37,41)/t30-/m0/s1. The maximum Gasteiger partial charge on any atom is 0.328 e. The van der Waals surface area contributed by atoms with Crippen LogP contribution < -0.4 is 21.3 Å². The molecule has 0 aliphatic rings. The van der Waals surface area contributed by atoms with Crippen molar-refractivity contribution >= 4 is 40.6 Å². The molecule has 0 unspecified atom stereocenters. The third kappa shape index (κ3) is 28.7. The molecule has 0 radical (unpaired) electrons. The number of thiocarbonyl (C=S) groups is 2. The summed E-state index contributed by atoms with van der Waals surface area (Å²) in [6, 6.07) is -0.422. The van der Waals surface area contributed by atoms with Gasteiger partial charge >= 0.3 is 5.97 Å². The minimum Gasteiger partial charge on any atom is -0.467 e. The number of unbranched alkanes of at least 4 members (excludes halogenated alkanes) is 19. The van der Waals surface area contributed by atoms with Crippen molar-refractivity contribution in [3.05, 3.63) is 0 Å². The second kappa shape index (κ2) is 31.8. The highest BCUT2D eigenvalue weighted by Crippen LogP contribution is 2.11. The number of methoxy groups -OCH3 is 1. The Balaban J connectivity index is 3.75. The molecule has 0 aromatic heterocycles. The van der Waals surface area contributed by atoms with E-state index in [1.54, 1.807) is 0 Å². The van der Waals surface area contributed by atoms with Crippen LogP contribution in [0.3, 0.4) is 0 Å². The van der Waals surface area contributed by atoms with E-state index in [1.165, 1.54) is 123 Å². The van der Waals surface area contributed by atoms with Crippen LogP contribution in [0.4, 0.5) is 0 Å². The van der Waals surface area contributed by atoms with E-state index in [9.17, 15) is 4.79 Å². The summed E-state index contributed by atoms with van der Waals surface area (Å²) in [4.78, 5) is 12.2. The number of carbonyl (C=O) groups is 1. The van der Waals surface area contributed by atoms with Gasteiger partial charge in [-0.15, -0.1) is 0 Å². The molecule has 41 heavy (non-hydrogen) atoms. The Hall–Kier alpha value is -1.15. The van der Waals surface area contributed by atoms with Gasteiger partial charge in [0, 0.05) is 19.6 Å². The first-order valence-electron chi connectivity index (χ1n) is 17.2. The lowest BCUT2D eigenvalue weighted by atomic mass is 10.1. The highest BCUT2D eigenvalue weighted by Gasteiger charge is 2.19. The summed E-state index contributed by atoms with van der Waals surface area (Å²) in [5.74, 6) is -0.269. The van der Waals surface area contributed by atoms with E-state index in [4.69, 9.17) is 29.2 Å². The average molecular weight is 615 g/mol. The molecule has 0 saturated heterocycles. The van der Waals surface area contributed by atoms with Crippen molar-refractivity contribution in [2.45, 2.75) is 168 Å². The first kappa shape index (κ1) is 39.8. The van der Waals surface area contributed by atoms with E-state index in [0.29, 0.717) is 11.5 Å². The molecule has 4 N–H and O–H groups in total. The molecule has 0 aliphatic carbocycles. The molecule has 0 rings (SSSR count). The molecule has 0 aromatic carbocycles. The van der Waals surface area contributed by atoms with Gasteiger partial charge in [0.15, 0.2) is 10.2 Å². The minimum absolute atomic E-state index is 0.269. The zero-order valence-electron chi connectivity index (χ0n) is 27.1. The summed E-state index contributed by atoms with van der Waals surface area (Å²) in [6.45, 7) is 7.09. The largest absolute Gasteiger partial charge is 0.467 e. The molecular weight excluding hydrogens is 549 g/mol. The highest BCUT2D eigenvalue weighted by atomic mass is 32.1. The van der Waals surface area contributed by atoms with Gasteiger partial charge in [-0.05, 0) is 56.5 Å². The van der Waals surface area contributed by atoms with Gasteiger partial charge in [-0.1, -0.05) is 129 Å². The highest BCUT2D eigenvalue weighted by molar-refractivity contribution is 7.80. The topological polar surface area (TPSA) is 74.4 Å². The summed E-state index contributed by atoms with van der Waals surface area (Å²) in [5, 5.41) is 14.3. The minimum atomic E-state index is -0.422. The molecule has 0 heterocycles. The molecule has 242 valence electrons. The Morgan fingerprint density at radius 2 is 0.878 bits per heavy atom. The number of hydrogen-bond acceptors (Lipinski definition) is 4. The van der Waals surface area contributed by atoms with Crippen LogP contribution in [0.15, 0.2) is 0 Å². The second-order valence-corrected chi connectivity index (χ2v) is 12.3. The molecule has 0 fully saturated rings. The van der Waals surface area contributed by atoms with Crippen molar-refractivity contribution in [2.24, 2.45) is 0 Å². The summed E-state index contributed by atoms with van der Waals surface area (Å²) in [6.07, 6.45) is 29.0. The van der Waals surface area contributed by atoms with E-state index in [1.807, 2.05) is 0 Å². The SMILES string of the molecule is CCCCCCCCCCCCNC(=S)NCCCC[C@H](NC(=S)NCCCCCCCCCCCC)C(=O)OC. The fourth-order valence-corrected chi connectivity index (χ4v) is 5.42. The maximum absolute atomic E-state index is 12.2. The number of esters is 1. The van der Waals surface area contributed by atoms with Gasteiger partial charge in [-0.3, -0.25) is 0 Å². The fraction of sp³-hybridized carbons (Fsp3) is 0.909. The zero-order valence-corrected chi connectivity index (χ0v) is 28.7. The van der Waals surface area contributed by atoms with Crippen molar-refractivity contribution < 1.29 is 9.53 Å². The van der Waals surface area contributed by atoms with Crippen molar-refractivity contribution in [2.75, 3.05) is 26.7 Å². The Kier molecular flexibility index (Phi) is 30.9. The van der Waals surface area contributed by atoms with Crippen molar-refractivity contribution in [3.8, 4) is 0 Å². The average Bonchev–Trinajstić information content (AvgIpc) is 2.97. The lowest BCUT2D eigenvalue weighted by Gasteiger charge is -2.19. The van der Waals surface area contributed by atoms with E-state index < -0.39 is 6.04 Å². The second-order valence-electron chi connectivity index (χ2n) is 11.5. The molecule has 0 saturated carbocycles. The smallest absolute Gasteiger partial charge is 0.328 e. The molecule has 8 heteroatoms. The molecule has 0 spiro atoms. The third-order valence-corrected chi connectivity index (χ3v) is 8.18.